The molecular formula is C44H31N. The van der Waals surface area contributed by atoms with Crippen LogP contribution in [-0.4, -0.2) is 0 Å². The quantitative estimate of drug-likeness (QED) is 0.190. The van der Waals surface area contributed by atoms with Crippen LogP contribution in [0.2, 0.25) is 0 Å². The van der Waals surface area contributed by atoms with E-state index in [0.29, 0.717) is 5.56 Å². The zero-order valence-electron chi connectivity index (χ0n) is 28.5. The van der Waals surface area contributed by atoms with Gasteiger partial charge in [-0.25, -0.2) is 0 Å². The molecule has 0 aliphatic rings. The summed E-state index contributed by atoms with van der Waals surface area (Å²) in [5.41, 5.74) is 6.76. The number of nitrogens with zero attached hydrogens (tertiary/aromatic N) is 1. The van der Waals surface area contributed by atoms with E-state index in [1.165, 1.54) is 10.8 Å². The molecule has 0 heterocycles. The second kappa shape index (κ2) is 11.6. The molecule has 212 valence electrons. The van der Waals surface area contributed by atoms with Crippen LogP contribution >= 0.6 is 0 Å². The normalized spacial score (nSPS) is 12.4. The van der Waals surface area contributed by atoms with Crippen molar-refractivity contribution in [3.8, 4) is 33.4 Å². The Morgan fingerprint density at radius 1 is 0.289 bits per heavy atom. The first-order valence-electron chi connectivity index (χ1n) is 17.1. The molecule has 0 amide bonds. The van der Waals surface area contributed by atoms with Crippen molar-refractivity contribution in [3.63, 3.8) is 0 Å². The predicted octanol–water partition coefficient (Wildman–Crippen LogP) is 12.5. The third-order valence-electron chi connectivity index (χ3n) is 8.29. The molecule has 0 atom stereocenters. The highest BCUT2D eigenvalue weighted by molar-refractivity contribution is 5.90. The van der Waals surface area contributed by atoms with Gasteiger partial charge in [-0.3, -0.25) is 0 Å². The Kier molecular flexibility index (Phi) is 5.84. The Morgan fingerprint density at radius 3 is 1.42 bits per heavy atom. The van der Waals surface area contributed by atoms with Crippen molar-refractivity contribution < 1.29 is 5.48 Å². The molecule has 8 aromatic carbocycles. The summed E-state index contributed by atoms with van der Waals surface area (Å²) in [7, 11) is 0. The highest BCUT2D eigenvalue weighted by Crippen LogP contribution is 2.39. The van der Waals surface area contributed by atoms with Gasteiger partial charge in [-0.05, 0) is 103 Å². The van der Waals surface area contributed by atoms with E-state index in [-0.39, 0.29) is 35.4 Å². The zero-order chi connectivity index (χ0) is 33.5. The Hall–Kier alpha value is -5.92. The molecule has 0 aliphatic heterocycles. The molecule has 1 nitrogen and oxygen atoms in total. The standard InChI is InChI=1S/C44H31N/c1-2-9-32(10-3-1)35-21-25-42(26-22-35)45(43-27-23-36(24-28-43)40-19-17-33-11-4-6-13-37(33)29-40)44-16-8-15-39(31-44)41-20-18-34-12-5-7-14-38(34)30-41/h1-31H/i21D,22D,25D,26D. The topological polar surface area (TPSA) is 3.24 Å². The summed E-state index contributed by atoms with van der Waals surface area (Å²) in [4.78, 5) is 1.85. The van der Waals surface area contributed by atoms with Crippen LogP contribution < -0.4 is 4.90 Å². The number of hydrogen-bond acceptors (Lipinski definition) is 1. The van der Waals surface area contributed by atoms with Crippen LogP contribution in [0.15, 0.2) is 188 Å². The minimum atomic E-state index is -0.102. The first kappa shape index (κ1) is 22.6. The van der Waals surface area contributed by atoms with E-state index in [0.717, 1.165) is 44.4 Å². The minimum Gasteiger partial charge on any atom is -0.310 e. The fraction of sp³-hybridized carbons (Fsp3) is 0. The van der Waals surface area contributed by atoms with Crippen molar-refractivity contribution in [1.29, 1.82) is 0 Å². The zero-order valence-corrected chi connectivity index (χ0v) is 24.5. The van der Waals surface area contributed by atoms with Crippen molar-refractivity contribution in [2.45, 2.75) is 0 Å². The first-order valence-corrected chi connectivity index (χ1v) is 15.1. The number of fused-ring (bicyclic) bond motifs is 2. The summed E-state index contributed by atoms with van der Waals surface area (Å²) in [5, 5.41) is 4.65. The van der Waals surface area contributed by atoms with E-state index in [1.807, 2.05) is 83.8 Å². The van der Waals surface area contributed by atoms with Gasteiger partial charge in [0.2, 0.25) is 0 Å². The van der Waals surface area contributed by atoms with Crippen LogP contribution in [0.4, 0.5) is 17.1 Å². The average molecular weight is 578 g/mol. The van der Waals surface area contributed by atoms with Gasteiger partial charge in [-0.15, -0.1) is 0 Å². The molecule has 1 heteroatoms. The third-order valence-corrected chi connectivity index (χ3v) is 8.29. The van der Waals surface area contributed by atoms with Gasteiger partial charge < -0.3 is 4.90 Å². The Labute approximate surface area is 269 Å². The third kappa shape index (κ3) is 5.37. The van der Waals surface area contributed by atoms with Crippen molar-refractivity contribution >= 4 is 38.6 Å². The molecule has 8 rings (SSSR count). The van der Waals surface area contributed by atoms with Gasteiger partial charge in [0.25, 0.3) is 0 Å². The van der Waals surface area contributed by atoms with E-state index in [2.05, 4.69) is 84.9 Å². The summed E-state index contributed by atoms with van der Waals surface area (Å²) in [6, 6.07) is 54.4. The summed E-state index contributed by atoms with van der Waals surface area (Å²) < 4.78 is 36.7. The maximum Gasteiger partial charge on any atom is 0.0645 e. The van der Waals surface area contributed by atoms with Gasteiger partial charge >= 0.3 is 0 Å². The monoisotopic (exact) mass is 577 g/mol. The fourth-order valence-electron chi connectivity index (χ4n) is 5.94. The maximum atomic E-state index is 9.28. The summed E-state index contributed by atoms with van der Waals surface area (Å²) in [6.07, 6.45) is 0. The molecule has 0 spiro atoms. The van der Waals surface area contributed by atoms with Gasteiger partial charge in [0, 0.05) is 17.1 Å². The summed E-state index contributed by atoms with van der Waals surface area (Å²) >= 11 is 0. The van der Waals surface area contributed by atoms with Crippen molar-refractivity contribution in [2.24, 2.45) is 0 Å². The summed E-state index contributed by atoms with van der Waals surface area (Å²) in [5.74, 6) is 0. The SMILES string of the molecule is [2H]c1c([2H])c(N(c2ccc(-c3ccc4ccccc4c3)cc2)c2cccc(-c3ccc4ccccc4c3)c2)c([2H])c([2H])c1-c1ccccc1. The average Bonchev–Trinajstić information content (AvgIpc) is 3.16. The fourth-order valence-corrected chi connectivity index (χ4v) is 5.94. The van der Waals surface area contributed by atoms with Crippen LogP contribution in [0.5, 0.6) is 0 Å². The lowest BCUT2D eigenvalue weighted by Gasteiger charge is -2.26. The largest absolute Gasteiger partial charge is 0.310 e. The number of hydrogen-bond donors (Lipinski definition) is 0. The molecule has 0 saturated carbocycles. The van der Waals surface area contributed by atoms with Crippen LogP contribution in [0.3, 0.4) is 0 Å². The number of rotatable bonds is 6. The first-order chi connectivity index (χ1) is 24.0. The second-order valence-corrected chi connectivity index (χ2v) is 11.1. The Bertz CT molecular complexity index is 2460. The lowest BCUT2D eigenvalue weighted by molar-refractivity contribution is 1.28. The van der Waals surface area contributed by atoms with Gasteiger partial charge in [-0.2, -0.15) is 0 Å². The van der Waals surface area contributed by atoms with E-state index in [9.17, 15) is 2.74 Å². The molecule has 0 aliphatic carbocycles. The Balaban J connectivity index is 1.29. The molecule has 0 unspecified atom stereocenters. The number of benzene rings is 8. The van der Waals surface area contributed by atoms with E-state index >= 15 is 0 Å². The highest BCUT2D eigenvalue weighted by Gasteiger charge is 2.15. The Morgan fingerprint density at radius 2 is 0.778 bits per heavy atom. The molecule has 0 radical (unpaired) electrons. The number of anilines is 3. The van der Waals surface area contributed by atoms with Crippen LogP contribution in [0.25, 0.3) is 54.9 Å². The van der Waals surface area contributed by atoms with Crippen molar-refractivity contribution in [1.82, 2.24) is 0 Å². The van der Waals surface area contributed by atoms with Gasteiger partial charge in [0.05, 0.1) is 5.48 Å². The van der Waals surface area contributed by atoms with Crippen molar-refractivity contribution in [2.75, 3.05) is 4.90 Å². The van der Waals surface area contributed by atoms with Crippen LogP contribution in [-0.2, 0) is 0 Å². The molecule has 0 aromatic heterocycles. The molecule has 0 bridgehead atoms. The van der Waals surface area contributed by atoms with Crippen LogP contribution in [0, 0.1) is 0 Å². The molecule has 45 heavy (non-hydrogen) atoms. The predicted molar refractivity (Wildman–Crippen MR) is 192 cm³/mol. The minimum absolute atomic E-state index is 0.0781. The molecule has 0 N–H and O–H groups in total. The lowest BCUT2D eigenvalue weighted by atomic mass is 9.99. The van der Waals surface area contributed by atoms with Crippen LogP contribution in [0.1, 0.15) is 5.48 Å². The van der Waals surface area contributed by atoms with E-state index in [1.54, 1.807) is 0 Å². The molecule has 0 saturated heterocycles. The van der Waals surface area contributed by atoms with E-state index < -0.39 is 0 Å². The molecule has 8 aromatic rings. The van der Waals surface area contributed by atoms with E-state index in [4.69, 9.17) is 2.74 Å². The molecule has 0 fully saturated rings. The smallest absolute Gasteiger partial charge is 0.0645 e. The van der Waals surface area contributed by atoms with Gasteiger partial charge in [-0.1, -0.05) is 139 Å². The molecular weight excluding hydrogens is 542 g/mol. The second-order valence-electron chi connectivity index (χ2n) is 11.1. The summed E-state index contributed by atoms with van der Waals surface area (Å²) in [6.45, 7) is 0. The van der Waals surface area contributed by atoms with Gasteiger partial charge in [0.1, 0.15) is 0 Å². The maximum absolute atomic E-state index is 9.28. The van der Waals surface area contributed by atoms with Gasteiger partial charge in [0.15, 0.2) is 0 Å². The highest BCUT2D eigenvalue weighted by atomic mass is 15.1. The lowest BCUT2D eigenvalue weighted by Crippen LogP contribution is -2.10. The van der Waals surface area contributed by atoms with Crippen molar-refractivity contribution in [3.05, 3.63) is 188 Å².